The minimum Gasteiger partial charge on any atom is -0.0888 e. The van der Waals surface area contributed by atoms with Gasteiger partial charge in [-0.3, -0.25) is 0 Å². The van der Waals surface area contributed by atoms with Crippen LogP contribution in [0, 0.1) is 0 Å². The third-order valence-corrected chi connectivity index (χ3v) is 2.30. The molecule has 0 aromatic rings. The van der Waals surface area contributed by atoms with Gasteiger partial charge in [0, 0.05) is 0 Å². The second kappa shape index (κ2) is 12.5. The van der Waals surface area contributed by atoms with Crippen LogP contribution in [0.3, 0.4) is 0 Å². The van der Waals surface area contributed by atoms with E-state index in [-0.39, 0.29) is 0 Å². The van der Waals surface area contributed by atoms with E-state index < -0.39 is 0 Å². The van der Waals surface area contributed by atoms with Crippen molar-refractivity contribution < 1.29 is 0 Å². The molecule has 0 fully saturated rings. The third kappa shape index (κ3) is 11.5. The first-order valence-electron chi connectivity index (χ1n) is 6.21. The molecule has 0 spiro atoms. The van der Waals surface area contributed by atoms with E-state index in [1.165, 1.54) is 51.4 Å². The van der Waals surface area contributed by atoms with Gasteiger partial charge in [-0.1, -0.05) is 51.0 Å². The molecule has 0 heterocycles. The molecular formula is C14H26. The molecule has 0 aliphatic carbocycles. The zero-order chi connectivity index (χ0) is 10.5. The third-order valence-electron chi connectivity index (χ3n) is 2.30. The Labute approximate surface area is 90.1 Å². The monoisotopic (exact) mass is 194 g/mol. The minimum absolute atomic E-state index is 1.18. The van der Waals surface area contributed by atoms with Crippen LogP contribution < -0.4 is 0 Å². The van der Waals surface area contributed by atoms with E-state index in [0.29, 0.717) is 0 Å². The van der Waals surface area contributed by atoms with Gasteiger partial charge in [0.05, 0.1) is 0 Å². The Morgan fingerprint density at radius 1 is 0.571 bits per heavy atom. The van der Waals surface area contributed by atoms with Crippen LogP contribution in [0.5, 0.6) is 0 Å². The van der Waals surface area contributed by atoms with E-state index in [1.807, 2.05) is 0 Å². The van der Waals surface area contributed by atoms with Crippen LogP contribution in [-0.4, -0.2) is 0 Å². The van der Waals surface area contributed by atoms with Crippen LogP contribution in [0.1, 0.15) is 65.2 Å². The number of unbranched alkanes of at least 4 members (excludes halogenated alkanes) is 5. The van der Waals surface area contributed by atoms with Gasteiger partial charge in [-0.25, -0.2) is 0 Å². The predicted molar refractivity (Wildman–Crippen MR) is 66.6 cm³/mol. The molecule has 0 amide bonds. The first-order valence-corrected chi connectivity index (χ1v) is 6.21. The molecule has 82 valence electrons. The number of hydrogen-bond acceptors (Lipinski definition) is 0. The molecule has 0 saturated heterocycles. The minimum atomic E-state index is 1.18. The number of allylic oxidation sites excluding steroid dienone is 4. The summed E-state index contributed by atoms with van der Waals surface area (Å²) in [4.78, 5) is 0. The van der Waals surface area contributed by atoms with Crippen molar-refractivity contribution in [2.24, 2.45) is 0 Å². The van der Waals surface area contributed by atoms with Gasteiger partial charge in [0.15, 0.2) is 0 Å². The van der Waals surface area contributed by atoms with Gasteiger partial charge in [0.2, 0.25) is 0 Å². The van der Waals surface area contributed by atoms with E-state index in [0.717, 1.165) is 0 Å². The van der Waals surface area contributed by atoms with Crippen LogP contribution in [0.4, 0.5) is 0 Å². The summed E-state index contributed by atoms with van der Waals surface area (Å²) in [6.07, 6.45) is 19.6. The van der Waals surface area contributed by atoms with Crippen molar-refractivity contribution in [1.29, 1.82) is 0 Å². The highest BCUT2D eigenvalue weighted by molar-refractivity contribution is 4.80. The van der Waals surface area contributed by atoms with Gasteiger partial charge in [0.1, 0.15) is 0 Å². The average molecular weight is 194 g/mol. The van der Waals surface area contributed by atoms with Gasteiger partial charge in [-0.15, -0.1) is 0 Å². The molecule has 0 saturated carbocycles. The molecule has 0 atom stereocenters. The van der Waals surface area contributed by atoms with Crippen LogP contribution in [0.25, 0.3) is 0 Å². The fourth-order valence-electron chi connectivity index (χ4n) is 1.45. The molecule has 0 N–H and O–H groups in total. The standard InChI is InChI=1S/C14H26/c1-3-5-7-9-11-13-14-12-10-8-6-4-2/h5-8H,3-4,9-14H2,1-2H3/b7-5+,8-6+. The second-order valence-corrected chi connectivity index (χ2v) is 3.75. The highest BCUT2D eigenvalue weighted by atomic mass is 13.9. The Balaban J connectivity index is 2.99. The number of hydrogen-bond donors (Lipinski definition) is 0. The molecule has 0 rings (SSSR count). The lowest BCUT2D eigenvalue weighted by Gasteiger charge is -1.96. The van der Waals surface area contributed by atoms with Gasteiger partial charge in [-0.05, 0) is 38.5 Å². The van der Waals surface area contributed by atoms with E-state index in [2.05, 4.69) is 38.2 Å². The van der Waals surface area contributed by atoms with Gasteiger partial charge in [0.25, 0.3) is 0 Å². The Kier molecular flexibility index (Phi) is 12.0. The summed E-state index contributed by atoms with van der Waals surface area (Å²) in [5, 5.41) is 0. The topological polar surface area (TPSA) is 0 Å². The van der Waals surface area contributed by atoms with Crippen LogP contribution >= 0.6 is 0 Å². The highest BCUT2D eigenvalue weighted by Crippen LogP contribution is 2.06. The molecule has 0 aliphatic rings. The summed E-state index contributed by atoms with van der Waals surface area (Å²) in [5.74, 6) is 0. The van der Waals surface area contributed by atoms with Crippen molar-refractivity contribution >= 4 is 0 Å². The van der Waals surface area contributed by atoms with Gasteiger partial charge < -0.3 is 0 Å². The molecule has 0 heteroatoms. The van der Waals surface area contributed by atoms with Crippen LogP contribution in [0.15, 0.2) is 24.3 Å². The van der Waals surface area contributed by atoms with Gasteiger partial charge >= 0.3 is 0 Å². The van der Waals surface area contributed by atoms with E-state index >= 15 is 0 Å². The molecule has 0 bridgehead atoms. The van der Waals surface area contributed by atoms with Crippen molar-refractivity contribution in [1.82, 2.24) is 0 Å². The lowest BCUT2D eigenvalue weighted by molar-refractivity contribution is 0.651. The average Bonchev–Trinajstić information content (AvgIpc) is 2.21. The smallest absolute Gasteiger partial charge is 0.0351 e. The molecule has 0 nitrogen and oxygen atoms in total. The zero-order valence-corrected chi connectivity index (χ0v) is 9.97. The van der Waals surface area contributed by atoms with E-state index in [1.54, 1.807) is 0 Å². The SMILES string of the molecule is CC/C=C/CCCCCC/C=C/CC. The zero-order valence-electron chi connectivity index (χ0n) is 9.97. The normalized spacial score (nSPS) is 11.9. The van der Waals surface area contributed by atoms with Crippen LogP contribution in [0.2, 0.25) is 0 Å². The Morgan fingerprint density at radius 3 is 1.36 bits per heavy atom. The lowest BCUT2D eigenvalue weighted by atomic mass is 10.1. The summed E-state index contributed by atoms with van der Waals surface area (Å²) < 4.78 is 0. The summed E-state index contributed by atoms with van der Waals surface area (Å²) in [6, 6.07) is 0. The molecule has 14 heavy (non-hydrogen) atoms. The van der Waals surface area contributed by atoms with Crippen molar-refractivity contribution in [3.8, 4) is 0 Å². The van der Waals surface area contributed by atoms with Crippen LogP contribution in [-0.2, 0) is 0 Å². The fraction of sp³-hybridized carbons (Fsp3) is 0.714. The maximum absolute atomic E-state index is 2.32. The first kappa shape index (κ1) is 13.5. The van der Waals surface area contributed by atoms with E-state index in [4.69, 9.17) is 0 Å². The Hall–Kier alpha value is -0.520. The molecule has 0 radical (unpaired) electrons. The quantitative estimate of drug-likeness (QED) is 0.347. The Morgan fingerprint density at radius 2 is 1.00 bits per heavy atom. The van der Waals surface area contributed by atoms with Crippen molar-refractivity contribution in [2.45, 2.75) is 65.2 Å². The van der Waals surface area contributed by atoms with Crippen molar-refractivity contribution in [3.63, 3.8) is 0 Å². The summed E-state index contributed by atoms with van der Waals surface area (Å²) in [7, 11) is 0. The number of rotatable bonds is 9. The maximum atomic E-state index is 2.32. The maximum Gasteiger partial charge on any atom is -0.0351 e. The Bertz CT molecular complexity index is 124. The molecular weight excluding hydrogens is 168 g/mol. The van der Waals surface area contributed by atoms with Gasteiger partial charge in [-0.2, -0.15) is 0 Å². The van der Waals surface area contributed by atoms with E-state index in [9.17, 15) is 0 Å². The summed E-state index contributed by atoms with van der Waals surface area (Å²) in [5.41, 5.74) is 0. The molecule has 0 unspecified atom stereocenters. The second-order valence-electron chi connectivity index (χ2n) is 3.75. The summed E-state index contributed by atoms with van der Waals surface area (Å²) >= 11 is 0. The first-order chi connectivity index (χ1) is 6.91. The lowest BCUT2D eigenvalue weighted by Crippen LogP contribution is -1.76. The molecule has 0 aromatic carbocycles. The van der Waals surface area contributed by atoms with Crippen molar-refractivity contribution in [3.05, 3.63) is 24.3 Å². The molecule has 0 aromatic heterocycles. The predicted octanol–water partition coefficient (Wildman–Crippen LogP) is 5.26. The highest BCUT2D eigenvalue weighted by Gasteiger charge is 1.86. The fourth-order valence-corrected chi connectivity index (χ4v) is 1.45. The van der Waals surface area contributed by atoms with Crippen molar-refractivity contribution in [2.75, 3.05) is 0 Å². The summed E-state index contributed by atoms with van der Waals surface area (Å²) in [6.45, 7) is 4.38. The largest absolute Gasteiger partial charge is 0.0888 e. The molecule has 0 aliphatic heterocycles.